The number of hydrogen-bond acceptors (Lipinski definition) is 2. The molecule has 1 amide bonds. The Morgan fingerprint density at radius 2 is 2.18 bits per heavy atom. The van der Waals surface area contributed by atoms with Gasteiger partial charge in [-0.2, -0.15) is 0 Å². The number of carbonyl (C=O) groups is 1. The largest absolute Gasteiger partial charge is 0.348 e. The highest BCUT2D eigenvalue weighted by atomic mass is 35.5. The number of aromatic nitrogens is 2. The number of nitrogens with zero attached hydrogens (tertiary/aromatic N) is 2. The Morgan fingerprint density at radius 3 is 2.86 bits per heavy atom. The predicted molar refractivity (Wildman–Crippen MR) is 90.6 cm³/mol. The molecule has 0 aliphatic heterocycles. The van der Waals surface area contributed by atoms with Crippen molar-refractivity contribution in [2.45, 2.75) is 58.9 Å². The second kappa shape index (κ2) is 7.63. The van der Waals surface area contributed by atoms with Crippen LogP contribution < -0.4 is 5.32 Å². The summed E-state index contributed by atoms with van der Waals surface area (Å²) in [5, 5.41) is 3.76. The van der Waals surface area contributed by atoms with E-state index in [0.717, 1.165) is 25.0 Å². The van der Waals surface area contributed by atoms with Crippen molar-refractivity contribution in [3.63, 3.8) is 0 Å². The number of fused-ring (bicyclic) bond motifs is 1. The van der Waals surface area contributed by atoms with Gasteiger partial charge in [0.15, 0.2) is 0 Å². The zero-order chi connectivity index (χ0) is 16.1. The maximum atomic E-state index is 12.6. The smallest absolute Gasteiger partial charge is 0.270 e. The van der Waals surface area contributed by atoms with E-state index in [1.54, 1.807) is 22.7 Å². The van der Waals surface area contributed by atoms with Crippen molar-refractivity contribution in [2.75, 3.05) is 0 Å². The molecule has 4 nitrogen and oxygen atoms in total. The van der Waals surface area contributed by atoms with Gasteiger partial charge in [0.2, 0.25) is 0 Å². The zero-order valence-electron chi connectivity index (χ0n) is 13.5. The zero-order valence-corrected chi connectivity index (χ0v) is 14.3. The lowest BCUT2D eigenvalue weighted by molar-refractivity contribution is 0.0926. The third-order valence-corrected chi connectivity index (χ3v) is 4.20. The van der Waals surface area contributed by atoms with E-state index in [9.17, 15) is 4.79 Å². The van der Waals surface area contributed by atoms with Gasteiger partial charge < -0.3 is 5.32 Å². The van der Waals surface area contributed by atoms with E-state index in [-0.39, 0.29) is 11.9 Å². The maximum Gasteiger partial charge on any atom is 0.270 e. The molecule has 1 atom stereocenters. The number of hydrogen-bond donors (Lipinski definition) is 1. The molecule has 2 rings (SSSR count). The molecule has 22 heavy (non-hydrogen) atoms. The highest BCUT2D eigenvalue weighted by molar-refractivity contribution is 6.30. The fourth-order valence-corrected chi connectivity index (χ4v) is 2.84. The van der Waals surface area contributed by atoms with E-state index in [1.807, 2.05) is 6.92 Å². The van der Waals surface area contributed by atoms with Crippen LogP contribution in [0.2, 0.25) is 5.02 Å². The number of amides is 1. The Labute approximate surface area is 136 Å². The van der Waals surface area contributed by atoms with Crippen molar-refractivity contribution in [1.29, 1.82) is 0 Å². The average Bonchev–Trinajstić information content (AvgIpc) is 2.81. The SMILES string of the molecule is CCCCCC(CC)NC(=O)c1c(C)nc2cc(Cl)ccn12. The summed E-state index contributed by atoms with van der Waals surface area (Å²) in [6, 6.07) is 3.76. The molecule has 0 saturated heterocycles. The van der Waals surface area contributed by atoms with Gasteiger partial charge in [-0.15, -0.1) is 0 Å². The molecule has 0 saturated carbocycles. The van der Waals surface area contributed by atoms with Crippen molar-refractivity contribution < 1.29 is 4.79 Å². The number of aryl methyl sites for hydroxylation is 1. The van der Waals surface area contributed by atoms with E-state index < -0.39 is 0 Å². The fraction of sp³-hybridized carbons (Fsp3) is 0.529. The Hall–Kier alpha value is -1.55. The van der Waals surface area contributed by atoms with Gasteiger partial charge in [0, 0.05) is 23.3 Å². The lowest BCUT2D eigenvalue weighted by atomic mass is 10.1. The van der Waals surface area contributed by atoms with Crippen LogP contribution in [0.15, 0.2) is 18.3 Å². The molecule has 1 unspecified atom stereocenters. The van der Waals surface area contributed by atoms with E-state index in [1.165, 1.54) is 12.8 Å². The van der Waals surface area contributed by atoms with Crippen molar-refractivity contribution in [1.82, 2.24) is 14.7 Å². The van der Waals surface area contributed by atoms with Gasteiger partial charge in [-0.1, -0.05) is 44.7 Å². The van der Waals surface area contributed by atoms with Crippen molar-refractivity contribution in [2.24, 2.45) is 0 Å². The third kappa shape index (κ3) is 3.80. The van der Waals surface area contributed by atoms with Gasteiger partial charge >= 0.3 is 0 Å². The standard InChI is InChI=1S/C17H24ClN3O/c1-4-6-7-8-14(5-2)20-17(22)16-12(3)19-15-11-13(18)9-10-21(15)16/h9-11,14H,4-8H2,1-3H3,(H,20,22). The van der Waals surface area contributed by atoms with Crippen molar-refractivity contribution in [3.8, 4) is 0 Å². The minimum atomic E-state index is -0.0596. The van der Waals surface area contributed by atoms with Crippen LogP contribution in [-0.4, -0.2) is 21.3 Å². The molecule has 0 fully saturated rings. The summed E-state index contributed by atoms with van der Waals surface area (Å²) >= 11 is 5.98. The first-order chi connectivity index (χ1) is 10.6. The number of rotatable bonds is 7. The van der Waals surface area contributed by atoms with Crippen LogP contribution in [0, 0.1) is 6.92 Å². The molecular formula is C17H24ClN3O. The minimum Gasteiger partial charge on any atom is -0.348 e. The van der Waals surface area contributed by atoms with Crippen LogP contribution in [0.25, 0.3) is 5.65 Å². The molecule has 0 aromatic carbocycles. The van der Waals surface area contributed by atoms with E-state index in [0.29, 0.717) is 16.4 Å². The summed E-state index contributed by atoms with van der Waals surface area (Å²) in [4.78, 5) is 17.0. The van der Waals surface area contributed by atoms with Crippen LogP contribution in [-0.2, 0) is 0 Å². The van der Waals surface area contributed by atoms with E-state index in [4.69, 9.17) is 11.6 Å². The number of halogens is 1. The molecule has 2 aromatic rings. The first-order valence-electron chi connectivity index (χ1n) is 8.01. The van der Waals surface area contributed by atoms with Crippen LogP contribution in [0.5, 0.6) is 0 Å². The molecule has 0 aliphatic rings. The molecule has 2 aromatic heterocycles. The molecule has 0 radical (unpaired) electrons. The molecule has 0 aliphatic carbocycles. The highest BCUT2D eigenvalue weighted by Gasteiger charge is 2.19. The summed E-state index contributed by atoms with van der Waals surface area (Å²) in [5.74, 6) is -0.0596. The summed E-state index contributed by atoms with van der Waals surface area (Å²) < 4.78 is 1.80. The Kier molecular flexibility index (Phi) is 5.83. The summed E-state index contributed by atoms with van der Waals surface area (Å²) in [7, 11) is 0. The lowest BCUT2D eigenvalue weighted by Gasteiger charge is -2.17. The first kappa shape index (κ1) is 16.8. The number of nitrogens with one attached hydrogen (secondary N) is 1. The Morgan fingerprint density at radius 1 is 1.41 bits per heavy atom. The summed E-state index contributed by atoms with van der Waals surface area (Å²) in [6.07, 6.45) is 7.31. The minimum absolute atomic E-state index is 0.0596. The molecule has 2 heterocycles. The van der Waals surface area contributed by atoms with Crippen molar-refractivity contribution >= 4 is 23.2 Å². The number of carbonyl (C=O) groups excluding carboxylic acids is 1. The van der Waals surface area contributed by atoms with Gasteiger partial charge in [-0.05, 0) is 25.8 Å². The van der Waals surface area contributed by atoms with Crippen molar-refractivity contribution in [3.05, 3.63) is 34.7 Å². The van der Waals surface area contributed by atoms with E-state index >= 15 is 0 Å². The normalized spacial score (nSPS) is 12.5. The highest BCUT2D eigenvalue weighted by Crippen LogP contribution is 2.17. The predicted octanol–water partition coefficient (Wildman–Crippen LogP) is 4.38. The van der Waals surface area contributed by atoms with Gasteiger partial charge in [0.25, 0.3) is 5.91 Å². The number of imidazole rings is 1. The molecular weight excluding hydrogens is 298 g/mol. The topological polar surface area (TPSA) is 46.4 Å². The number of unbranched alkanes of at least 4 members (excludes halogenated alkanes) is 2. The quantitative estimate of drug-likeness (QED) is 0.769. The van der Waals surface area contributed by atoms with E-state index in [2.05, 4.69) is 24.1 Å². The number of pyridine rings is 1. The summed E-state index contributed by atoms with van der Waals surface area (Å²) in [5.41, 5.74) is 2.03. The fourth-order valence-electron chi connectivity index (χ4n) is 2.68. The monoisotopic (exact) mass is 321 g/mol. The first-order valence-corrected chi connectivity index (χ1v) is 8.39. The molecule has 0 spiro atoms. The van der Waals surface area contributed by atoms with Gasteiger partial charge in [0.1, 0.15) is 11.3 Å². The third-order valence-electron chi connectivity index (χ3n) is 3.96. The van der Waals surface area contributed by atoms with Crippen LogP contribution in [0.3, 0.4) is 0 Å². The molecule has 5 heteroatoms. The van der Waals surface area contributed by atoms with Crippen LogP contribution in [0.4, 0.5) is 0 Å². The van der Waals surface area contributed by atoms with Gasteiger partial charge in [-0.25, -0.2) is 4.98 Å². The second-order valence-electron chi connectivity index (χ2n) is 5.69. The molecule has 0 bridgehead atoms. The van der Waals surface area contributed by atoms with Crippen LogP contribution in [0.1, 0.15) is 62.1 Å². The Balaban J connectivity index is 2.16. The molecule has 120 valence electrons. The maximum absolute atomic E-state index is 12.6. The van der Waals surface area contributed by atoms with Crippen LogP contribution >= 0.6 is 11.6 Å². The average molecular weight is 322 g/mol. The Bertz CT molecular complexity index is 651. The van der Waals surface area contributed by atoms with Gasteiger partial charge in [-0.3, -0.25) is 9.20 Å². The summed E-state index contributed by atoms with van der Waals surface area (Å²) in [6.45, 7) is 6.15. The second-order valence-corrected chi connectivity index (χ2v) is 6.13. The lowest BCUT2D eigenvalue weighted by Crippen LogP contribution is -2.35. The molecule has 1 N–H and O–H groups in total. The van der Waals surface area contributed by atoms with Gasteiger partial charge in [0.05, 0.1) is 5.69 Å².